The van der Waals surface area contributed by atoms with Gasteiger partial charge in [-0.25, -0.2) is 0 Å². The lowest BCUT2D eigenvalue weighted by Crippen LogP contribution is -2.43. The molecule has 148 valence electrons. The number of ether oxygens (including phenoxy) is 1. The number of rotatable bonds is 4. The summed E-state index contributed by atoms with van der Waals surface area (Å²) in [6, 6.07) is 15.9. The normalized spacial score (nSPS) is 18.8. The zero-order valence-corrected chi connectivity index (χ0v) is 16.4. The average molecular weight is 389 g/mol. The second kappa shape index (κ2) is 7.35. The van der Waals surface area contributed by atoms with Crippen LogP contribution in [0.2, 0.25) is 0 Å². The number of likely N-dealkylation sites (tertiary alicyclic amines) is 1. The lowest BCUT2D eigenvalue weighted by Gasteiger charge is -2.37. The predicted molar refractivity (Wildman–Crippen MR) is 108 cm³/mol. The summed E-state index contributed by atoms with van der Waals surface area (Å²) in [5.41, 5.74) is 3.29. The Balaban J connectivity index is 1.24. The Hall–Kier alpha value is -3.15. The fraction of sp³-hybridized carbons (Fsp3) is 0.348. The van der Waals surface area contributed by atoms with Crippen molar-refractivity contribution in [3.63, 3.8) is 0 Å². The van der Waals surface area contributed by atoms with Gasteiger partial charge in [-0.05, 0) is 42.5 Å². The van der Waals surface area contributed by atoms with E-state index in [0.717, 1.165) is 37.9 Å². The van der Waals surface area contributed by atoms with Gasteiger partial charge in [0.05, 0.1) is 18.6 Å². The van der Waals surface area contributed by atoms with Crippen molar-refractivity contribution in [2.75, 3.05) is 20.2 Å². The van der Waals surface area contributed by atoms with Crippen LogP contribution >= 0.6 is 0 Å². The van der Waals surface area contributed by atoms with Gasteiger partial charge in [0.1, 0.15) is 5.75 Å². The minimum atomic E-state index is 0.0325. The van der Waals surface area contributed by atoms with E-state index in [9.17, 15) is 4.79 Å². The molecule has 1 aromatic heterocycles. The molecule has 1 unspecified atom stereocenters. The number of nitrogens with zero attached hydrogens (tertiary/aromatic N) is 3. The summed E-state index contributed by atoms with van der Waals surface area (Å²) in [5, 5.41) is 4.21. The van der Waals surface area contributed by atoms with Crippen molar-refractivity contribution >= 4 is 5.91 Å². The van der Waals surface area contributed by atoms with E-state index in [0.29, 0.717) is 17.5 Å². The highest BCUT2D eigenvalue weighted by Gasteiger charge is 2.36. The number of benzene rings is 2. The molecule has 1 saturated heterocycles. The first kappa shape index (κ1) is 17.9. The molecule has 2 aliphatic rings. The Kier molecular flexibility index (Phi) is 4.54. The standard InChI is InChI=1S/C23H23N3O3/c1-28-20-9-5-4-8-18(20)22-24-21(25-29-22)15-10-12-26(13-11-15)23(27)19-14-16-6-2-3-7-17(16)19/h2-9,15,19H,10-14H2,1H3. The summed E-state index contributed by atoms with van der Waals surface area (Å²) < 4.78 is 10.9. The highest BCUT2D eigenvalue weighted by Crippen LogP contribution is 2.38. The molecule has 29 heavy (non-hydrogen) atoms. The van der Waals surface area contributed by atoms with E-state index in [-0.39, 0.29) is 17.7 Å². The number of amides is 1. The summed E-state index contributed by atoms with van der Waals surface area (Å²) in [6.07, 6.45) is 2.57. The van der Waals surface area contributed by atoms with Gasteiger partial charge >= 0.3 is 0 Å². The van der Waals surface area contributed by atoms with Crippen molar-refractivity contribution < 1.29 is 14.1 Å². The highest BCUT2D eigenvalue weighted by atomic mass is 16.5. The third-order valence-electron chi connectivity index (χ3n) is 6.10. The van der Waals surface area contributed by atoms with Gasteiger partial charge in [-0.15, -0.1) is 0 Å². The maximum absolute atomic E-state index is 12.9. The SMILES string of the molecule is COc1ccccc1-c1nc(C2CCN(C(=O)C3Cc4ccccc43)CC2)no1. The molecule has 3 aromatic rings. The molecule has 5 rings (SSSR count). The molecule has 1 amide bonds. The zero-order valence-electron chi connectivity index (χ0n) is 16.4. The molecule has 1 aliphatic carbocycles. The molecule has 1 aliphatic heterocycles. The van der Waals surface area contributed by atoms with Gasteiger partial charge in [-0.3, -0.25) is 4.79 Å². The van der Waals surface area contributed by atoms with Crippen LogP contribution in [-0.2, 0) is 11.2 Å². The van der Waals surface area contributed by atoms with Crippen LogP contribution in [0.5, 0.6) is 5.75 Å². The smallest absolute Gasteiger partial charge is 0.261 e. The summed E-state index contributed by atoms with van der Waals surface area (Å²) >= 11 is 0. The average Bonchev–Trinajstić information content (AvgIpc) is 3.24. The number of aromatic nitrogens is 2. The van der Waals surface area contributed by atoms with Gasteiger partial charge in [0.25, 0.3) is 5.89 Å². The van der Waals surface area contributed by atoms with Gasteiger partial charge < -0.3 is 14.2 Å². The summed E-state index contributed by atoms with van der Waals surface area (Å²) in [7, 11) is 1.63. The van der Waals surface area contributed by atoms with Crippen LogP contribution in [0.25, 0.3) is 11.5 Å². The summed E-state index contributed by atoms with van der Waals surface area (Å²) in [5.74, 6) is 2.40. The lowest BCUT2D eigenvalue weighted by molar-refractivity contribution is -0.134. The molecule has 6 heteroatoms. The highest BCUT2D eigenvalue weighted by molar-refractivity contribution is 5.87. The first-order chi connectivity index (χ1) is 14.2. The molecule has 0 spiro atoms. The Bertz CT molecular complexity index is 1040. The molecule has 0 saturated carbocycles. The van der Waals surface area contributed by atoms with Gasteiger partial charge in [-0.1, -0.05) is 41.6 Å². The Labute approximate surface area is 169 Å². The van der Waals surface area contributed by atoms with E-state index in [4.69, 9.17) is 9.26 Å². The molecular formula is C23H23N3O3. The first-order valence-electron chi connectivity index (χ1n) is 10.1. The molecule has 0 N–H and O–H groups in total. The van der Waals surface area contributed by atoms with Gasteiger partial charge in [0.15, 0.2) is 5.82 Å². The Morgan fingerprint density at radius 2 is 1.86 bits per heavy atom. The minimum absolute atomic E-state index is 0.0325. The molecule has 6 nitrogen and oxygen atoms in total. The van der Waals surface area contributed by atoms with Crippen molar-refractivity contribution in [2.24, 2.45) is 0 Å². The van der Waals surface area contributed by atoms with Crippen LogP contribution in [0.4, 0.5) is 0 Å². The first-order valence-corrected chi connectivity index (χ1v) is 10.1. The van der Waals surface area contributed by atoms with Crippen molar-refractivity contribution in [1.82, 2.24) is 15.0 Å². The van der Waals surface area contributed by atoms with E-state index in [1.807, 2.05) is 41.3 Å². The van der Waals surface area contributed by atoms with E-state index in [2.05, 4.69) is 22.3 Å². The summed E-state index contributed by atoms with van der Waals surface area (Å²) in [6.45, 7) is 1.47. The van der Waals surface area contributed by atoms with E-state index in [1.165, 1.54) is 11.1 Å². The second-order valence-electron chi connectivity index (χ2n) is 7.71. The molecule has 2 aromatic carbocycles. The third kappa shape index (κ3) is 3.18. The fourth-order valence-corrected chi connectivity index (χ4v) is 4.39. The van der Waals surface area contributed by atoms with Crippen LogP contribution in [0.1, 0.15) is 41.6 Å². The number of fused-ring (bicyclic) bond motifs is 1. The maximum atomic E-state index is 12.9. The number of methoxy groups -OCH3 is 1. The quantitative estimate of drug-likeness (QED) is 0.679. The maximum Gasteiger partial charge on any atom is 0.261 e. The van der Waals surface area contributed by atoms with Crippen molar-refractivity contribution in [3.8, 4) is 17.2 Å². The minimum Gasteiger partial charge on any atom is -0.496 e. The number of hydrogen-bond donors (Lipinski definition) is 0. The van der Waals surface area contributed by atoms with E-state index < -0.39 is 0 Å². The number of carbonyl (C=O) groups excluding carboxylic acids is 1. The van der Waals surface area contributed by atoms with Crippen molar-refractivity contribution in [1.29, 1.82) is 0 Å². The topological polar surface area (TPSA) is 68.5 Å². The Morgan fingerprint density at radius 3 is 2.66 bits per heavy atom. The summed E-state index contributed by atoms with van der Waals surface area (Å²) in [4.78, 5) is 19.5. The number of carbonyl (C=O) groups is 1. The van der Waals surface area contributed by atoms with Crippen molar-refractivity contribution in [3.05, 3.63) is 65.5 Å². The molecule has 2 heterocycles. The van der Waals surface area contributed by atoms with Crippen LogP contribution in [0.3, 0.4) is 0 Å². The van der Waals surface area contributed by atoms with Crippen LogP contribution < -0.4 is 4.74 Å². The predicted octanol–water partition coefficient (Wildman–Crippen LogP) is 3.79. The number of piperidine rings is 1. The third-order valence-corrected chi connectivity index (χ3v) is 6.10. The van der Waals surface area contributed by atoms with Gasteiger partial charge in [-0.2, -0.15) is 4.98 Å². The van der Waals surface area contributed by atoms with Gasteiger partial charge in [0.2, 0.25) is 5.91 Å². The van der Waals surface area contributed by atoms with E-state index >= 15 is 0 Å². The Morgan fingerprint density at radius 1 is 1.10 bits per heavy atom. The van der Waals surface area contributed by atoms with E-state index in [1.54, 1.807) is 7.11 Å². The molecule has 1 atom stereocenters. The fourth-order valence-electron chi connectivity index (χ4n) is 4.39. The van der Waals surface area contributed by atoms with Crippen molar-refractivity contribution in [2.45, 2.75) is 31.1 Å². The second-order valence-corrected chi connectivity index (χ2v) is 7.71. The van der Waals surface area contributed by atoms with Crippen LogP contribution in [0, 0.1) is 0 Å². The van der Waals surface area contributed by atoms with Gasteiger partial charge in [0, 0.05) is 19.0 Å². The largest absolute Gasteiger partial charge is 0.496 e. The zero-order chi connectivity index (χ0) is 19.8. The number of hydrogen-bond acceptors (Lipinski definition) is 5. The molecule has 0 bridgehead atoms. The molecule has 0 radical (unpaired) electrons. The lowest BCUT2D eigenvalue weighted by atomic mass is 9.76. The van der Waals surface area contributed by atoms with Crippen LogP contribution in [0.15, 0.2) is 53.1 Å². The molecule has 1 fully saturated rings. The molecular weight excluding hydrogens is 366 g/mol. The number of para-hydroxylation sites is 1. The van der Waals surface area contributed by atoms with Crippen LogP contribution in [-0.4, -0.2) is 41.1 Å². The monoisotopic (exact) mass is 389 g/mol.